The molecule has 0 amide bonds. The van der Waals surface area contributed by atoms with Crippen LogP contribution in [-0.4, -0.2) is 51.6 Å². The first-order valence-electron chi connectivity index (χ1n) is 8.06. The highest BCUT2D eigenvalue weighted by molar-refractivity contribution is 6.32. The third-order valence-corrected chi connectivity index (χ3v) is 4.22. The van der Waals surface area contributed by atoms with E-state index in [9.17, 15) is 30.0 Å². The number of aromatic hydroxyl groups is 4. The van der Waals surface area contributed by atoms with Crippen LogP contribution in [0.4, 0.5) is 5.69 Å². The summed E-state index contributed by atoms with van der Waals surface area (Å²) >= 11 is 0. The number of phenolic OH excluding ortho intramolecular Hbond substituents is 4. The summed E-state index contributed by atoms with van der Waals surface area (Å²) in [5, 5.41) is 46.6. The zero-order valence-electron chi connectivity index (χ0n) is 14.0. The molecule has 8 heteroatoms. The first-order valence-corrected chi connectivity index (χ1v) is 8.06. The van der Waals surface area contributed by atoms with Crippen molar-refractivity contribution in [2.24, 2.45) is 0 Å². The number of phenols is 4. The van der Waals surface area contributed by atoms with Crippen molar-refractivity contribution in [2.75, 3.05) is 25.0 Å². The molecular weight excluding hydrogens is 340 g/mol. The molecule has 0 fully saturated rings. The van der Waals surface area contributed by atoms with E-state index in [1.807, 2.05) is 6.92 Å². The fourth-order valence-electron chi connectivity index (χ4n) is 3.00. The smallest absolute Gasteiger partial charge is 0.202 e. The molecule has 2 aromatic rings. The highest BCUT2D eigenvalue weighted by Crippen LogP contribution is 2.45. The van der Waals surface area contributed by atoms with E-state index in [1.165, 1.54) is 0 Å². The molecule has 0 radical (unpaired) electrons. The fraction of sp³-hybridized carbons (Fsp3) is 0.222. The Hall–Kier alpha value is -3.26. The van der Waals surface area contributed by atoms with E-state index in [-0.39, 0.29) is 5.69 Å². The van der Waals surface area contributed by atoms with Crippen molar-refractivity contribution < 1.29 is 30.0 Å². The van der Waals surface area contributed by atoms with Crippen LogP contribution in [0.3, 0.4) is 0 Å². The largest absolute Gasteiger partial charge is 0.507 e. The van der Waals surface area contributed by atoms with Crippen LogP contribution in [0.5, 0.6) is 23.0 Å². The third kappa shape index (κ3) is 2.60. The summed E-state index contributed by atoms with van der Waals surface area (Å²) in [6, 6.07) is 3.31. The predicted molar refractivity (Wildman–Crippen MR) is 93.4 cm³/mol. The summed E-state index contributed by atoms with van der Waals surface area (Å²) in [6.45, 7) is 3.68. The monoisotopic (exact) mass is 358 g/mol. The van der Waals surface area contributed by atoms with Crippen LogP contribution < -0.4 is 10.6 Å². The number of hydrogen-bond acceptors (Lipinski definition) is 8. The van der Waals surface area contributed by atoms with Crippen molar-refractivity contribution in [3.63, 3.8) is 0 Å². The van der Waals surface area contributed by atoms with Gasteiger partial charge in [0.05, 0.1) is 27.9 Å². The van der Waals surface area contributed by atoms with E-state index in [1.54, 1.807) is 0 Å². The van der Waals surface area contributed by atoms with Gasteiger partial charge in [-0.25, -0.2) is 0 Å². The minimum Gasteiger partial charge on any atom is -0.507 e. The molecule has 0 saturated carbocycles. The molecule has 0 unspecified atom stereocenters. The van der Waals surface area contributed by atoms with Crippen molar-refractivity contribution in [2.45, 2.75) is 6.92 Å². The Morgan fingerprint density at radius 1 is 0.808 bits per heavy atom. The molecule has 0 bridgehead atoms. The Balaban J connectivity index is 2.13. The minimum atomic E-state index is -0.855. The van der Waals surface area contributed by atoms with Gasteiger partial charge in [0.15, 0.2) is 5.75 Å². The average Bonchev–Trinajstić information content (AvgIpc) is 2.60. The van der Waals surface area contributed by atoms with Gasteiger partial charge in [0.25, 0.3) is 0 Å². The first-order chi connectivity index (χ1) is 12.4. The molecule has 0 spiro atoms. The molecule has 3 rings (SSSR count). The van der Waals surface area contributed by atoms with Crippen LogP contribution in [0.25, 0.3) is 0 Å². The van der Waals surface area contributed by atoms with Gasteiger partial charge in [-0.15, -0.1) is 0 Å². The van der Waals surface area contributed by atoms with Crippen LogP contribution in [0.1, 0.15) is 38.8 Å². The van der Waals surface area contributed by atoms with Gasteiger partial charge in [-0.3, -0.25) is 9.59 Å². The number of benzene rings is 2. The highest BCUT2D eigenvalue weighted by Gasteiger charge is 2.39. The average molecular weight is 358 g/mol. The Bertz CT molecular complexity index is 923. The third-order valence-electron chi connectivity index (χ3n) is 4.22. The molecular formula is C18H18N2O6. The maximum Gasteiger partial charge on any atom is 0.202 e. The summed E-state index contributed by atoms with van der Waals surface area (Å²) < 4.78 is 0. The summed E-state index contributed by atoms with van der Waals surface area (Å²) in [5.41, 5.74) is -1.53. The predicted octanol–water partition coefficient (Wildman–Crippen LogP) is 1.31. The van der Waals surface area contributed by atoms with Crippen LogP contribution in [-0.2, 0) is 0 Å². The standard InChI is InChI=1S/C18H18N2O6/c1-2-19-5-6-20-8-7-11(23)14-15(16(8)24)18(26)13-10(22)4-3-9(21)12(13)17(14)25/h3-4,7,19-24H,2,5-6H2,1H3. The fourth-order valence-corrected chi connectivity index (χ4v) is 3.00. The quantitative estimate of drug-likeness (QED) is 0.228. The van der Waals surface area contributed by atoms with Gasteiger partial charge in [-0.1, -0.05) is 6.92 Å². The molecule has 1 aliphatic carbocycles. The SMILES string of the molecule is CCNCCNc1cc(O)c2c(c1O)C(=O)c1c(O)ccc(O)c1C2=O. The van der Waals surface area contributed by atoms with E-state index in [0.717, 1.165) is 24.7 Å². The van der Waals surface area contributed by atoms with E-state index < -0.39 is 56.8 Å². The molecule has 0 saturated heterocycles. The second-order valence-corrected chi connectivity index (χ2v) is 5.83. The Morgan fingerprint density at radius 2 is 1.35 bits per heavy atom. The second kappa shape index (κ2) is 6.57. The van der Waals surface area contributed by atoms with Gasteiger partial charge in [0.2, 0.25) is 11.6 Å². The lowest BCUT2D eigenvalue weighted by Crippen LogP contribution is -2.24. The number of carbonyl (C=O) groups is 2. The Kier molecular flexibility index (Phi) is 4.43. The van der Waals surface area contributed by atoms with E-state index >= 15 is 0 Å². The van der Waals surface area contributed by atoms with Crippen LogP contribution in [0.2, 0.25) is 0 Å². The van der Waals surface area contributed by atoms with Gasteiger partial charge in [0.1, 0.15) is 17.2 Å². The number of anilines is 1. The number of likely N-dealkylation sites (N-methyl/N-ethyl adjacent to an activating group) is 1. The molecule has 0 aromatic heterocycles. The summed E-state index contributed by atoms with van der Waals surface area (Å²) in [5.74, 6) is -3.70. The molecule has 1 aliphatic rings. The van der Waals surface area contributed by atoms with Gasteiger partial charge in [0, 0.05) is 19.2 Å². The van der Waals surface area contributed by atoms with E-state index in [4.69, 9.17) is 0 Å². The molecule has 26 heavy (non-hydrogen) atoms. The summed E-state index contributed by atoms with van der Waals surface area (Å²) in [4.78, 5) is 25.5. The number of rotatable bonds is 5. The van der Waals surface area contributed by atoms with Gasteiger partial charge >= 0.3 is 0 Å². The topological polar surface area (TPSA) is 139 Å². The van der Waals surface area contributed by atoms with Gasteiger partial charge in [-0.2, -0.15) is 0 Å². The summed E-state index contributed by atoms with van der Waals surface area (Å²) in [6.07, 6.45) is 0. The van der Waals surface area contributed by atoms with E-state index in [2.05, 4.69) is 10.6 Å². The molecule has 6 N–H and O–H groups in total. The van der Waals surface area contributed by atoms with Crippen LogP contribution in [0, 0.1) is 0 Å². The molecule has 136 valence electrons. The molecule has 0 aliphatic heterocycles. The Labute approximate surface area is 148 Å². The van der Waals surface area contributed by atoms with Crippen molar-refractivity contribution in [3.05, 3.63) is 40.5 Å². The normalized spacial score (nSPS) is 12.7. The maximum absolute atomic E-state index is 12.8. The number of fused-ring (bicyclic) bond motifs is 2. The molecule has 2 aromatic carbocycles. The van der Waals surface area contributed by atoms with Crippen LogP contribution >= 0.6 is 0 Å². The minimum absolute atomic E-state index is 0.0865. The maximum atomic E-state index is 12.8. The molecule has 8 nitrogen and oxygen atoms in total. The zero-order chi connectivity index (χ0) is 19.0. The van der Waals surface area contributed by atoms with Crippen molar-refractivity contribution in [3.8, 4) is 23.0 Å². The second-order valence-electron chi connectivity index (χ2n) is 5.83. The number of hydrogen-bond donors (Lipinski definition) is 6. The van der Waals surface area contributed by atoms with Crippen molar-refractivity contribution in [1.82, 2.24) is 5.32 Å². The first kappa shape index (κ1) is 17.6. The number of carbonyl (C=O) groups excluding carboxylic acids is 2. The lowest BCUT2D eigenvalue weighted by atomic mass is 9.81. The summed E-state index contributed by atoms with van der Waals surface area (Å²) in [7, 11) is 0. The zero-order valence-corrected chi connectivity index (χ0v) is 14.0. The molecule has 0 atom stereocenters. The highest BCUT2D eigenvalue weighted by atomic mass is 16.3. The lowest BCUT2D eigenvalue weighted by Gasteiger charge is -2.22. The Morgan fingerprint density at radius 3 is 1.92 bits per heavy atom. The van der Waals surface area contributed by atoms with E-state index in [0.29, 0.717) is 13.1 Å². The number of ketones is 2. The van der Waals surface area contributed by atoms with Crippen molar-refractivity contribution >= 4 is 17.3 Å². The van der Waals surface area contributed by atoms with Crippen LogP contribution in [0.15, 0.2) is 18.2 Å². The number of nitrogens with one attached hydrogen (secondary N) is 2. The van der Waals surface area contributed by atoms with Gasteiger partial charge < -0.3 is 31.1 Å². The lowest BCUT2D eigenvalue weighted by molar-refractivity contribution is 0.0969. The molecule has 0 heterocycles. The van der Waals surface area contributed by atoms with Gasteiger partial charge in [-0.05, 0) is 18.7 Å². The van der Waals surface area contributed by atoms with Crippen molar-refractivity contribution in [1.29, 1.82) is 0 Å².